The maximum Gasteiger partial charge on any atom is 0.407 e. The highest BCUT2D eigenvalue weighted by Gasteiger charge is 2.25. The Kier molecular flexibility index (Phi) is 5.45. The highest BCUT2D eigenvalue weighted by atomic mass is 16.6. The van der Waals surface area contributed by atoms with Gasteiger partial charge >= 0.3 is 6.09 Å². The second-order valence-corrected chi connectivity index (χ2v) is 6.53. The maximum absolute atomic E-state index is 11.8. The fourth-order valence-electron chi connectivity index (χ4n) is 2.22. The first-order valence-electron chi connectivity index (χ1n) is 7.01. The van der Waals surface area contributed by atoms with E-state index in [4.69, 9.17) is 4.74 Å². The maximum atomic E-state index is 11.8. The Labute approximate surface area is 111 Å². The van der Waals surface area contributed by atoms with Gasteiger partial charge in [-0.1, -0.05) is 13.8 Å². The summed E-state index contributed by atoms with van der Waals surface area (Å²) < 4.78 is 5.31. The molecule has 1 rings (SSSR count). The SMILES string of the molecule is CC(C)C(CC1CCCN1)NC(=O)OC(C)(C)C. The predicted octanol–water partition coefficient (Wildman–Crippen LogP) is 2.68. The zero-order valence-electron chi connectivity index (χ0n) is 12.4. The Morgan fingerprint density at radius 1 is 1.44 bits per heavy atom. The van der Waals surface area contributed by atoms with Crippen molar-refractivity contribution in [1.29, 1.82) is 0 Å². The number of ether oxygens (including phenoxy) is 1. The van der Waals surface area contributed by atoms with Crippen molar-refractivity contribution in [2.45, 2.75) is 71.6 Å². The van der Waals surface area contributed by atoms with Crippen molar-refractivity contribution in [3.8, 4) is 0 Å². The Morgan fingerprint density at radius 2 is 2.11 bits per heavy atom. The molecule has 0 spiro atoms. The molecule has 0 bridgehead atoms. The second-order valence-electron chi connectivity index (χ2n) is 6.53. The number of nitrogens with one attached hydrogen (secondary N) is 2. The van der Waals surface area contributed by atoms with Crippen molar-refractivity contribution in [2.75, 3.05) is 6.54 Å². The molecular formula is C14H28N2O2. The summed E-state index contributed by atoms with van der Waals surface area (Å²) in [5.41, 5.74) is -0.433. The molecule has 0 aliphatic carbocycles. The van der Waals surface area contributed by atoms with E-state index in [0.29, 0.717) is 12.0 Å². The Hall–Kier alpha value is -0.770. The summed E-state index contributed by atoms with van der Waals surface area (Å²) in [5.74, 6) is 0.417. The van der Waals surface area contributed by atoms with E-state index < -0.39 is 5.60 Å². The first kappa shape index (κ1) is 15.3. The van der Waals surface area contributed by atoms with Gasteiger partial charge in [-0.3, -0.25) is 0 Å². The van der Waals surface area contributed by atoms with Crippen molar-refractivity contribution < 1.29 is 9.53 Å². The number of alkyl carbamates (subject to hydrolysis) is 1. The largest absolute Gasteiger partial charge is 0.444 e. The van der Waals surface area contributed by atoms with E-state index in [0.717, 1.165) is 13.0 Å². The summed E-state index contributed by atoms with van der Waals surface area (Å²) in [6, 6.07) is 0.711. The first-order chi connectivity index (χ1) is 8.28. The molecule has 4 nitrogen and oxygen atoms in total. The van der Waals surface area contributed by atoms with E-state index in [9.17, 15) is 4.79 Å². The molecule has 2 unspecified atom stereocenters. The Balaban J connectivity index is 2.44. The normalized spacial score (nSPS) is 22.0. The van der Waals surface area contributed by atoms with E-state index in [-0.39, 0.29) is 12.1 Å². The third-order valence-electron chi connectivity index (χ3n) is 3.21. The van der Waals surface area contributed by atoms with Gasteiger partial charge in [-0.15, -0.1) is 0 Å². The van der Waals surface area contributed by atoms with Crippen LogP contribution >= 0.6 is 0 Å². The number of carbonyl (C=O) groups excluding carboxylic acids is 1. The van der Waals surface area contributed by atoms with Crippen molar-refractivity contribution >= 4 is 6.09 Å². The zero-order valence-corrected chi connectivity index (χ0v) is 12.4. The molecule has 0 radical (unpaired) electrons. The molecule has 0 aromatic rings. The van der Waals surface area contributed by atoms with Gasteiger partial charge in [-0.25, -0.2) is 4.79 Å². The van der Waals surface area contributed by atoms with Crippen molar-refractivity contribution in [2.24, 2.45) is 5.92 Å². The van der Waals surface area contributed by atoms with Crippen molar-refractivity contribution in [3.63, 3.8) is 0 Å². The molecule has 0 aromatic heterocycles. The van der Waals surface area contributed by atoms with Gasteiger partial charge in [0.1, 0.15) is 5.60 Å². The average Bonchev–Trinajstić information content (AvgIpc) is 2.66. The van der Waals surface area contributed by atoms with Crippen LogP contribution in [0.3, 0.4) is 0 Å². The molecule has 106 valence electrons. The summed E-state index contributed by atoms with van der Waals surface area (Å²) in [5, 5.41) is 6.47. The third kappa shape index (κ3) is 5.71. The summed E-state index contributed by atoms with van der Waals surface area (Å²) in [6.07, 6.45) is 3.12. The smallest absolute Gasteiger partial charge is 0.407 e. The lowest BCUT2D eigenvalue weighted by Gasteiger charge is -2.27. The van der Waals surface area contributed by atoms with E-state index in [1.807, 2.05) is 20.8 Å². The van der Waals surface area contributed by atoms with Gasteiger partial charge in [0.15, 0.2) is 0 Å². The molecule has 0 aromatic carbocycles. The number of hydrogen-bond acceptors (Lipinski definition) is 3. The van der Waals surface area contributed by atoms with Crippen LogP contribution in [0.15, 0.2) is 0 Å². The lowest BCUT2D eigenvalue weighted by Crippen LogP contribution is -2.44. The molecule has 0 saturated carbocycles. The van der Waals surface area contributed by atoms with Crippen molar-refractivity contribution in [1.82, 2.24) is 10.6 Å². The van der Waals surface area contributed by atoms with Crippen LogP contribution in [-0.4, -0.2) is 30.3 Å². The van der Waals surface area contributed by atoms with Crippen LogP contribution in [0.4, 0.5) is 4.79 Å². The minimum atomic E-state index is -0.433. The first-order valence-corrected chi connectivity index (χ1v) is 7.01. The van der Waals surface area contributed by atoms with Gasteiger partial charge in [0, 0.05) is 12.1 Å². The minimum absolute atomic E-state index is 0.176. The predicted molar refractivity (Wildman–Crippen MR) is 73.6 cm³/mol. The molecular weight excluding hydrogens is 228 g/mol. The number of carbonyl (C=O) groups is 1. The third-order valence-corrected chi connectivity index (χ3v) is 3.21. The van der Waals surface area contributed by atoms with Crippen LogP contribution in [-0.2, 0) is 4.74 Å². The highest BCUT2D eigenvalue weighted by molar-refractivity contribution is 5.68. The van der Waals surface area contributed by atoms with E-state index in [1.165, 1.54) is 12.8 Å². The molecule has 1 saturated heterocycles. The molecule has 18 heavy (non-hydrogen) atoms. The van der Waals surface area contributed by atoms with Crippen LogP contribution in [0.2, 0.25) is 0 Å². The van der Waals surface area contributed by atoms with Gasteiger partial charge in [0.25, 0.3) is 0 Å². The average molecular weight is 256 g/mol. The fourth-order valence-corrected chi connectivity index (χ4v) is 2.22. The van der Waals surface area contributed by atoms with Gasteiger partial charge < -0.3 is 15.4 Å². The van der Waals surface area contributed by atoms with Crippen molar-refractivity contribution in [3.05, 3.63) is 0 Å². The summed E-state index contributed by atoms with van der Waals surface area (Å²) in [6.45, 7) is 11.0. The molecule has 1 fully saturated rings. The van der Waals surface area contributed by atoms with E-state index in [1.54, 1.807) is 0 Å². The molecule has 1 amide bonds. The molecule has 2 atom stereocenters. The number of hydrogen-bond donors (Lipinski definition) is 2. The van der Waals surface area contributed by atoms with Gasteiger partial charge in [-0.2, -0.15) is 0 Å². The number of rotatable bonds is 4. The quantitative estimate of drug-likeness (QED) is 0.813. The molecule has 1 aliphatic rings. The Bertz CT molecular complexity index is 265. The zero-order chi connectivity index (χ0) is 13.8. The van der Waals surface area contributed by atoms with Crippen LogP contribution in [0.1, 0.15) is 53.9 Å². The molecule has 1 aliphatic heterocycles. The van der Waals surface area contributed by atoms with Crippen LogP contribution in [0.5, 0.6) is 0 Å². The standard InChI is InChI=1S/C14H28N2O2/c1-10(2)12(9-11-7-6-8-15-11)16-13(17)18-14(3,4)5/h10-12,15H,6-9H2,1-5H3,(H,16,17). The lowest BCUT2D eigenvalue weighted by molar-refractivity contribution is 0.0484. The highest BCUT2D eigenvalue weighted by Crippen LogP contribution is 2.16. The summed E-state index contributed by atoms with van der Waals surface area (Å²) >= 11 is 0. The van der Waals surface area contributed by atoms with E-state index >= 15 is 0 Å². The number of amides is 1. The van der Waals surface area contributed by atoms with Crippen LogP contribution in [0.25, 0.3) is 0 Å². The van der Waals surface area contributed by atoms with Gasteiger partial charge in [-0.05, 0) is 52.5 Å². The summed E-state index contributed by atoms with van der Waals surface area (Å²) in [7, 11) is 0. The van der Waals surface area contributed by atoms with Crippen LogP contribution < -0.4 is 10.6 Å². The monoisotopic (exact) mass is 256 g/mol. The van der Waals surface area contributed by atoms with Crippen LogP contribution in [0, 0.1) is 5.92 Å². The molecule has 4 heteroatoms. The molecule has 2 N–H and O–H groups in total. The fraction of sp³-hybridized carbons (Fsp3) is 0.929. The second kappa shape index (κ2) is 6.41. The lowest BCUT2D eigenvalue weighted by atomic mass is 9.96. The molecule has 1 heterocycles. The Morgan fingerprint density at radius 3 is 2.56 bits per heavy atom. The van der Waals surface area contributed by atoms with Gasteiger partial charge in [0.2, 0.25) is 0 Å². The summed E-state index contributed by atoms with van der Waals surface area (Å²) in [4.78, 5) is 11.8. The van der Waals surface area contributed by atoms with E-state index in [2.05, 4.69) is 24.5 Å². The minimum Gasteiger partial charge on any atom is -0.444 e. The topological polar surface area (TPSA) is 50.4 Å². The van der Waals surface area contributed by atoms with Gasteiger partial charge in [0.05, 0.1) is 0 Å².